The summed E-state index contributed by atoms with van der Waals surface area (Å²) >= 11 is 4.65. The lowest BCUT2D eigenvalue weighted by Crippen LogP contribution is -2.40. The van der Waals surface area contributed by atoms with Crippen LogP contribution in [0.5, 0.6) is 0 Å². The Balaban J connectivity index is 2.06. The van der Waals surface area contributed by atoms with E-state index >= 15 is 0 Å². The summed E-state index contributed by atoms with van der Waals surface area (Å²) in [5, 5.41) is 0.828. The molecule has 1 aliphatic heterocycles. The normalized spacial score (nSPS) is 25.3. The number of alkyl halides is 1. The molecule has 0 atom stereocenters. The molecule has 2 amide bonds. The summed E-state index contributed by atoms with van der Waals surface area (Å²) in [6, 6.07) is 0. The summed E-state index contributed by atoms with van der Waals surface area (Å²) in [5.41, 5.74) is 0.149. The molecule has 0 aromatic rings. The summed E-state index contributed by atoms with van der Waals surface area (Å²) in [7, 11) is 0. The number of hydrogen-bond donors (Lipinski definition) is 0. The van der Waals surface area contributed by atoms with Crippen LogP contribution in [0.1, 0.15) is 25.7 Å². The summed E-state index contributed by atoms with van der Waals surface area (Å²) in [6.07, 6.45) is 4.68. The third kappa shape index (κ3) is 2.23. The lowest BCUT2D eigenvalue weighted by Gasteiger charge is -2.30. The highest BCUT2D eigenvalue weighted by Gasteiger charge is 2.40. The lowest BCUT2D eigenvalue weighted by molar-refractivity contribution is -0.125. The molecule has 3 nitrogen and oxygen atoms in total. The zero-order valence-electron chi connectivity index (χ0n) is 8.50. The molecule has 2 aliphatic rings. The summed E-state index contributed by atoms with van der Waals surface area (Å²) < 4.78 is 0. The first kappa shape index (κ1) is 11.5. The van der Waals surface area contributed by atoms with Gasteiger partial charge in [0.05, 0.1) is 5.75 Å². The maximum Gasteiger partial charge on any atom is 0.288 e. The van der Waals surface area contributed by atoms with Crippen LogP contribution in [0.15, 0.2) is 0 Å². The third-order valence-electron chi connectivity index (χ3n) is 3.28. The second kappa shape index (κ2) is 4.45. The van der Waals surface area contributed by atoms with Gasteiger partial charge in [-0.2, -0.15) is 0 Å². The number of carbonyl (C=O) groups excluding carboxylic acids is 2. The molecule has 5 heteroatoms. The van der Waals surface area contributed by atoms with Gasteiger partial charge in [0.15, 0.2) is 0 Å². The second-order valence-electron chi connectivity index (χ2n) is 4.38. The smallest absolute Gasteiger partial charge is 0.273 e. The van der Waals surface area contributed by atoms with Gasteiger partial charge in [-0.3, -0.25) is 14.5 Å². The number of hydrogen-bond acceptors (Lipinski definition) is 3. The largest absolute Gasteiger partial charge is 0.288 e. The summed E-state index contributed by atoms with van der Waals surface area (Å²) in [6.45, 7) is 0.614. The van der Waals surface area contributed by atoms with Gasteiger partial charge in [-0.1, -0.05) is 40.5 Å². The van der Waals surface area contributed by atoms with Crippen molar-refractivity contribution in [3.63, 3.8) is 0 Å². The van der Waals surface area contributed by atoms with E-state index < -0.39 is 0 Å². The Morgan fingerprint density at radius 3 is 2.47 bits per heavy atom. The molecule has 0 aromatic heterocycles. The van der Waals surface area contributed by atoms with Crippen LogP contribution in [0.4, 0.5) is 4.79 Å². The van der Waals surface area contributed by atoms with Crippen LogP contribution >= 0.6 is 27.7 Å². The highest BCUT2D eigenvalue weighted by molar-refractivity contribution is 9.09. The van der Waals surface area contributed by atoms with Crippen molar-refractivity contribution in [1.82, 2.24) is 4.90 Å². The molecular weight excluding hydrogens is 278 g/mol. The van der Waals surface area contributed by atoms with E-state index in [1.807, 2.05) is 0 Å². The molecule has 1 saturated carbocycles. The predicted octanol–water partition coefficient (Wildman–Crippen LogP) is 2.64. The van der Waals surface area contributed by atoms with Gasteiger partial charge in [0.1, 0.15) is 0 Å². The number of thioether (sulfide) groups is 1. The standard InChI is InChI=1S/C10H14BrNO2S/c11-6-10(3-1-2-4-10)7-12-8(13)5-15-9(12)14/h1-7H2. The zero-order valence-corrected chi connectivity index (χ0v) is 10.9. The maximum atomic E-state index is 11.5. The minimum Gasteiger partial charge on any atom is -0.273 e. The fraction of sp³-hybridized carbons (Fsp3) is 0.800. The van der Waals surface area contributed by atoms with Crippen molar-refractivity contribution >= 4 is 38.8 Å². The first-order valence-electron chi connectivity index (χ1n) is 5.20. The summed E-state index contributed by atoms with van der Waals surface area (Å²) in [5.74, 6) is 0.314. The number of halogens is 1. The predicted molar refractivity (Wildman–Crippen MR) is 64.3 cm³/mol. The van der Waals surface area contributed by atoms with E-state index in [1.165, 1.54) is 17.7 Å². The Bertz CT molecular complexity index is 273. The number of rotatable bonds is 3. The zero-order chi connectivity index (χ0) is 10.9. The van der Waals surface area contributed by atoms with Gasteiger partial charge in [-0.25, -0.2) is 0 Å². The van der Waals surface area contributed by atoms with Gasteiger partial charge in [-0.15, -0.1) is 0 Å². The summed E-state index contributed by atoms with van der Waals surface area (Å²) in [4.78, 5) is 24.4. The Labute approximate surface area is 102 Å². The monoisotopic (exact) mass is 291 g/mol. The van der Waals surface area contributed by atoms with Crippen molar-refractivity contribution in [3.05, 3.63) is 0 Å². The van der Waals surface area contributed by atoms with Crippen molar-refractivity contribution in [2.24, 2.45) is 5.41 Å². The van der Waals surface area contributed by atoms with Crippen LogP contribution in [-0.2, 0) is 4.79 Å². The van der Waals surface area contributed by atoms with Gasteiger partial charge in [-0.05, 0) is 18.3 Å². The molecule has 0 unspecified atom stereocenters. The Kier molecular flexibility index (Phi) is 3.40. The van der Waals surface area contributed by atoms with Crippen molar-refractivity contribution in [3.8, 4) is 0 Å². The molecule has 0 spiro atoms. The molecule has 0 aromatic carbocycles. The van der Waals surface area contributed by atoms with Crippen LogP contribution < -0.4 is 0 Å². The quantitative estimate of drug-likeness (QED) is 0.750. The lowest BCUT2D eigenvalue weighted by atomic mass is 9.88. The molecule has 1 aliphatic carbocycles. The van der Waals surface area contributed by atoms with Gasteiger partial charge in [0.25, 0.3) is 5.24 Å². The molecule has 2 rings (SSSR count). The Morgan fingerprint density at radius 2 is 2.00 bits per heavy atom. The van der Waals surface area contributed by atoms with Gasteiger partial charge in [0, 0.05) is 11.9 Å². The van der Waals surface area contributed by atoms with Gasteiger partial charge >= 0.3 is 0 Å². The van der Waals surface area contributed by atoms with E-state index in [4.69, 9.17) is 0 Å². The number of carbonyl (C=O) groups is 2. The minimum absolute atomic E-state index is 0.0165. The fourth-order valence-corrected chi connectivity index (χ4v) is 3.79. The van der Waals surface area contributed by atoms with Crippen LogP contribution in [-0.4, -0.2) is 33.7 Å². The molecule has 0 bridgehead atoms. The van der Waals surface area contributed by atoms with Crippen LogP contribution in [0, 0.1) is 5.41 Å². The molecule has 15 heavy (non-hydrogen) atoms. The van der Waals surface area contributed by atoms with E-state index in [2.05, 4.69) is 15.9 Å². The molecule has 2 fully saturated rings. The Morgan fingerprint density at radius 1 is 1.33 bits per heavy atom. The molecule has 0 N–H and O–H groups in total. The average Bonchev–Trinajstić information content (AvgIpc) is 2.81. The molecule has 0 radical (unpaired) electrons. The van der Waals surface area contributed by atoms with Gasteiger partial charge in [0.2, 0.25) is 5.91 Å². The van der Waals surface area contributed by atoms with Crippen LogP contribution in [0.2, 0.25) is 0 Å². The van der Waals surface area contributed by atoms with E-state index in [-0.39, 0.29) is 16.6 Å². The van der Waals surface area contributed by atoms with Crippen molar-refractivity contribution in [2.75, 3.05) is 17.6 Å². The topological polar surface area (TPSA) is 37.4 Å². The average molecular weight is 292 g/mol. The fourth-order valence-electron chi connectivity index (χ4n) is 2.33. The van der Waals surface area contributed by atoms with Crippen LogP contribution in [0.3, 0.4) is 0 Å². The van der Waals surface area contributed by atoms with Crippen molar-refractivity contribution in [2.45, 2.75) is 25.7 Å². The maximum absolute atomic E-state index is 11.5. The Hall–Kier alpha value is -0.0300. The minimum atomic E-state index is -0.0628. The highest BCUT2D eigenvalue weighted by Crippen LogP contribution is 2.41. The van der Waals surface area contributed by atoms with Crippen LogP contribution in [0.25, 0.3) is 0 Å². The highest BCUT2D eigenvalue weighted by atomic mass is 79.9. The van der Waals surface area contributed by atoms with Crippen molar-refractivity contribution < 1.29 is 9.59 Å². The van der Waals surface area contributed by atoms with E-state index in [9.17, 15) is 9.59 Å². The number of imide groups is 1. The number of nitrogens with zero attached hydrogens (tertiary/aromatic N) is 1. The molecule has 84 valence electrons. The first-order chi connectivity index (χ1) is 7.17. The molecule has 1 heterocycles. The molecule has 1 saturated heterocycles. The molecular formula is C10H14BrNO2S. The van der Waals surface area contributed by atoms with Gasteiger partial charge < -0.3 is 0 Å². The van der Waals surface area contributed by atoms with E-state index in [1.54, 1.807) is 0 Å². The van der Waals surface area contributed by atoms with E-state index in [0.717, 1.165) is 29.9 Å². The second-order valence-corrected chi connectivity index (χ2v) is 5.86. The first-order valence-corrected chi connectivity index (χ1v) is 7.31. The van der Waals surface area contributed by atoms with E-state index in [0.29, 0.717) is 12.3 Å². The third-order valence-corrected chi connectivity index (χ3v) is 5.33. The SMILES string of the molecule is O=C1CSC(=O)N1CC1(CBr)CCCC1. The van der Waals surface area contributed by atoms with Crippen molar-refractivity contribution in [1.29, 1.82) is 0 Å². The number of amides is 2.